The van der Waals surface area contributed by atoms with Gasteiger partial charge in [0, 0.05) is 163 Å². The summed E-state index contributed by atoms with van der Waals surface area (Å²) in [5.74, 6) is -1.90. The molecule has 319 valence electrons. The number of amides is 4. The van der Waals surface area contributed by atoms with E-state index in [9.17, 15) is 38.4 Å². The summed E-state index contributed by atoms with van der Waals surface area (Å²) in [6, 6.07) is 17.1. The largest absolute Gasteiger partial charge is 1.00 e. The number of aryl methyl sites for hydroxylation is 1. The third kappa shape index (κ3) is 10.1. The average Bonchev–Trinajstić information content (AvgIpc) is 3.59. The molecule has 0 fully saturated rings. The second-order valence-electron chi connectivity index (χ2n) is 13.3. The first-order chi connectivity index (χ1) is 27.2. The third-order valence-corrected chi connectivity index (χ3v) is 10.2. The van der Waals surface area contributed by atoms with Gasteiger partial charge >= 0.3 is 0 Å². The maximum Gasteiger partial charge on any atom is 0.261 e. The van der Waals surface area contributed by atoms with Gasteiger partial charge in [0.2, 0.25) is 11.8 Å². The van der Waals surface area contributed by atoms with Crippen LogP contribution in [0.15, 0.2) is 105 Å². The molecule has 0 unspecified atom stereocenters. The summed E-state index contributed by atoms with van der Waals surface area (Å²) < 4.78 is 5.75. The molecule has 2 aliphatic heterocycles. The van der Waals surface area contributed by atoms with Crippen LogP contribution in [-0.4, -0.2) is 49.1 Å². The van der Waals surface area contributed by atoms with Crippen molar-refractivity contribution in [2.45, 2.75) is 41.3 Å². The van der Waals surface area contributed by atoms with Crippen LogP contribution in [0.1, 0.15) is 69.6 Å². The molecule has 0 saturated carbocycles. The van der Waals surface area contributed by atoms with Crippen molar-refractivity contribution in [3.05, 3.63) is 170 Å². The molecule has 0 aliphatic carbocycles. The molecule has 2 aliphatic rings. The maximum absolute atomic E-state index is 12.5. The van der Waals surface area contributed by atoms with E-state index >= 15 is 0 Å². The zero-order chi connectivity index (χ0) is 41.0. The predicted molar refractivity (Wildman–Crippen MR) is 218 cm³/mol. The topological polar surface area (TPSA) is 161 Å². The van der Waals surface area contributed by atoms with Gasteiger partial charge in [0.25, 0.3) is 22.9 Å². The Labute approximate surface area is 458 Å². The Morgan fingerprint density at radius 3 is 1.21 bits per heavy atom. The van der Waals surface area contributed by atoms with Crippen LogP contribution in [0.4, 0.5) is 0 Å². The minimum absolute atomic E-state index is 0. The number of carbonyl (C=O) groups is 4. The Morgan fingerprint density at radius 1 is 0.508 bits per heavy atom. The number of pyridine rings is 2. The molecule has 0 spiro atoms. The monoisotopic (exact) mass is 1200 g/mol. The third-order valence-electron chi connectivity index (χ3n) is 10.2. The van der Waals surface area contributed by atoms with Gasteiger partial charge in [-0.05, 0) is 91.2 Å². The number of aromatic nitrogens is 4. The first-order valence-electron chi connectivity index (χ1n) is 17.9. The zero-order valence-corrected chi connectivity index (χ0v) is 45.4. The van der Waals surface area contributed by atoms with Gasteiger partial charge in [-0.15, -0.1) is 7.05 Å². The zero-order valence-electron chi connectivity index (χ0n) is 33.8. The molecule has 6 heterocycles. The van der Waals surface area contributed by atoms with Gasteiger partial charge < -0.3 is 57.6 Å². The van der Waals surface area contributed by atoms with Crippen LogP contribution in [0.5, 0.6) is 0 Å². The number of rotatable bonds is 4. The van der Waals surface area contributed by atoms with Gasteiger partial charge in [0.1, 0.15) is 6.54 Å². The van der Waals surface area contributed by atoms with E-state index in [2.05, 4.69) is 69.3 Å². The quantitative estimate of drug-likeness (QED) is 0.108. The van der Waals surface area contributed by atoms with E-state index in [1.54, 1.807) is 18.4 Å². The van der Waals surface area contributed by atoms with Gasteiger partial charge in [-0.3, -0.25) is 38.2 Å². The molecular formula is C44H39Br2N6O8Y3-3. The van der Waals surface area contributed by atoms with Crippen molar-refractivity contribution < 1.29 is 160 Å². The smallest absolute Gasteiger partial charge is 0.261 e. The molecule has 0 saturated heterocycles. The van der Waals surface area contributed by atoms with Gasteiger partial charge in [0.05, 0.1) is 23.2 Å². The van der Waals surface area contributed by atoms with Crippen LogP contribution in [0, 0.1) is 21.1 Å². The summed E-state index contributed by atoms with van der Waals surface area (Å²) in [5.41, 5.74) is 1.69. The summed E-state index contributed by atoms with van der Waals surface area (Å²) >= 11 is 0. The van der Waals surface area contributed by atoms with E-state index in [4.69, 9.17) is 0 Å². The molecule has 7 aromatic rings. The number of hydrogen-bond donors (Lipinski definition) is 0. The molecule has 19 heteroatoms. The molecule has 3 aromatic carbocycles. The Hall–Kier alpha value is -3.21. The molecule has 4 aromatic heterocycles. The second-order valence-corrected chi connectivity index (χ2v) is 13.3. The van der Waals surface area contributed by atoms with Crippen molar-refractivity contribution in [2.24, 2.45) is 0 Å². The van der Waals surface area contributed by atoms with Crippen LogP contribution >= 0.6 is 0 Å². The fourth-order valence-electron chi connectivity index (χ4n) is 7.13. The fraction of sp³-hybridized carbons (Fsp3) is 0.159. The second kappa shape index (κ2) is 23.3. The van der Waals surface area contributed by atoms with Crippen molar-refractivity contribution in [2.75, 3.05) is 6.54 Å². The van der Waals surface area contributed by atoms with E-state index in [1.165, 1.54) is 47.5 Å². The van der Waals surface area contributed by atoms with Gasteiger partial charge in [-0.25, -0.2) is 11.6 Å². The van der Waals surface area contributed by atoms with E-state index in [0.717, 1.165) is 25.5 Å². The molecule has 9 rings (SSSR count). The Balaban J connectivity index is 0.000000460. The van der Waals surface area contributed by atoms with Crippen LogP contribution in [0.25, 0.3) is 43.4 Å². The normalized spacial score (nSPS) is 12.0. The van der Waals surface area contributed by atoms with E-state index in [0.29, 0.717) is 21.9 Å². The van der Waals surface area contributed by atoms with E-state index in [1.807, 2.05) is 12.4 Å². The Morgan fingerprint density at radius 2 is 0.857 bits per heavy atom. The standard InChI is InChI=1S/C17H11N2O4.C13H9N2O4.C13H15N2.CH4.2BrH.3Y/c1-3-19-16(22)10-6-4-8-12-9(15(21)18(2)14(8)20)5-7-11(13(10)12)17(19)23;1-3-15-12(18)8-4-6-7(5-9(8)13(15)19)11(17)14(2)10(6)16;1-3-15-10-6-13(7-11-15)12-4-8-14(2)9-5-12;;;;;;/h4-7H,2-3H2,1H3;4-5H,2-3H2,1H3;4-11H,2-3H2,1H3;1H4;2*1H;;;/q2*-1;+1;;;;;;/p-2. The van der Waals surface area contributed by atoms with E-state index < -0.39 is 45.9 Å². The Bertz CT molecular complexity index is 2940. The van der Waals surface area contributed by atoms with Crippen LogP contribution < -0.4 is 65.3 Å². The summed E-state index contributed by atoms with van der Waals surface area (Å²) in [5, 5.41) is 1.33. The number of halogens is 2. The van der Waals surface area contributed by atoms with Crippen molar-refractivity contribution in [1.29, 1.82) is 0 Å². The molecular weight excluding hydrogens is 1170 g/mol. The molecule has 3 radical (unpaired) electrons. The number of imide groups is 2. The van der Waals surface area contributed by atoms with Gasteiger partial charge in [0.15, 0.2) is 23.5 Å². The number of carbonyl (C=O) groups excluding carboxylic acids is 4. The summed E-state index contributed by atoms with van der Waals surface area (Å²) in [7, 11) is 10.6. The SMILES string of the molecule is C.[Br-].[Br-].[CH2-]N1C(=O)c2ccc3c4c(ccc(c24)C1=O)C(=O)N(CC)C3=O.[CH2-][n+]1ccc(-c2cc[n+](CC)cc2)cc1.[CH2-]n1c(=O)c2cc3c(=O)n(CC)c(=O)c3cc2c1=O.[Y].[Y].[Y]. The molecule has 0 atom stereocenters. The van der Waals surface area contributed by atoms with Gasteiger partial charge in [-0.2, -0.15) is 0 Å². The summed E-state index contributed by atoms with van der Waals surface area (Å²) in [6.07, 6.45) is 8.10. The molecule has 0 bridgehead atoms. The van der Waals surface area contributed by atoms with Crippen LogP contribution in [0.3, 0.4) is 0 Å². The molecule has 63 heavy (non-hydrogen) atoms. The van der Waals surface area contributed by atoms with Crippen molar-refractivity contribution in [3.8, 4) is 11.1 Å². The van der Waals surface area contributed by atoms with Crippen molar-refractivity contribution in [1.82, 2.24) is 18.9 Å². The maximum atomic E-state index is 12.5. The summed E-state index contributed by atoms with van der Waals surface area (Å²) in [6.45, 7) is 7.05. The fourth-order valence-corrected chi connectivity index (χ4v) is 7.13. The minimum atomic E-state index is -0.557. The summed E-state index contributed by atoms with van der Waals surface area (Å²) in [4.78, 5) is 99.1. The number of benzene rings is 3. The molecule has 4 amide bonds. The number of hydrogen-bond acceptors (Lipinski definition) is 8. The minimum Gasteiger partial charge on any atom is -1.00 e. The first-order valence-corrected chi connectivity index (χ1v) is 17.9. The molecule has 14 nitrogen and oxygen atoms in total. The average molecular weight is 1210 g/mol. The van der Waals surface area contributed by atoms with Crippen LogP contribution in [-0.2, 0) is 111 Å². The van der Waals surface area contributed by atoms with Crippen molar-refractivity contribution in [3.63, 3.8) is 0 Å². The first kappa shape index (κ1) is 57.8. The predicted octanol–water partition coefficient (Wildman–Crippen LogP) is -2.36. The Kier molecular flexibility index (Phi) is 21.4. The number of nitrogens with zero attached hydrogens (tertiary/aromatic N) is 6. The molecule has 0 N–H and O–H groups in total. The number of fused-ring (bicyclic) bond motifs is 2. The van der Waals surface area contributed by atoms with E-state index in [-0.39, 0.29) is 185 Å². The van der Waals surface area contributed by atoms with Crippen LogP contribution in [0.2, 0.25) is 0 Å². The van der Waals surface area contributed by atoms with Crippen molar-refractivity contribution >= 4 is 55.9 Å². The van der Waals surface area contributed by atoms with Gasteiger partial charge in [-0.1, -0.05) is 7.43 Å².